The lowest BCUT2D eigenvalue weighted by Crippen LogP contribution is -2.35. The molecule has 6 heteroatoms. The van der Waals surface area contributed by atoms with Crippen molar-refractivity contribution in [2.75, 3.05) is 18.4 Å². The van der Waals surface area contributed by atoms with Crippen LogP contribution in [0.4, 0.5) is 5.69 Å². The molecule has 1 saturated heterocycles. The van der Waals surface area contributed by atoms with Gasteiger partial charge in [-0.25, -0.2) is 8.42 Å². The highest BCUT2D eigenvalue weighted by molar-refractivity contribution is 7.89. The summed E-state index contributed by atoms with van der Waals surface area (Å²) in [6.07, 6.45) is 2.79. The van der Waals surface area contributed by atoms with E-state index in [0.29, 0.717) is 24.3 Å². The van der Waals surface area contributed by atoms with Crippen LogP contribution >= 0.6 is 0 Å². The molecule has 0 aromatic heterocycles. The van der Waals surface area contributed by atoms with E-state index < -0.39 is 10.0 Å². The van der Waals surface area contributed by atoms with E-state index in [4.69, 9.17) is 0 Å². The number of hydrogen-bond donors (Lipinski definition) is 1. The first-order valence-electron chi connectivity index (χ1n) is 10.5. The summed E-state index contributed by atoms with van der Waals surface area (Å²) in [4.78, 5) is 13.3. The number of nitrogens with zero attached hydrogens (tertiary/aromatic N) is 1. The molecule has 0 bridgehead atoms. The molecule has 1 aliphatic rings. The minimum Gasteiger partial charge on any atom is -0.321 e. The summed E-state index contributed by atoms with van der Waals surface area (Å²) in [5.74, 6) is -0.323. The predicted octanol–water partition coefficient (Wildman–Crippen LogP) is 5.09. The van der Waals surface area contributed by atoms with Crippen LogP contribution in [0.5, 0.6) is 0 Å². The molecule has 3 aromatic rings. The van der Waals surface area contributed by atoms with Crippen LogP contribution in [0.1, 0.15) is 35.2 Å². The molecule has 0 saturated carbocycles. The van der Waals surface area contributed by atoms with E-state index in [1.54, 1.807) is 12.1 Å². The van der Waals surface area contributed by atoms with Crippen LogP contribution < -0.4 is 5.32 Å². The van der Waals surface area contributed by atoms with Crippen LogP contribution in [0.2, 0.25) is 0 Å². The predicted molar refractivity (Wildman–Crippen MR) is 124 cm³/mol. The molecular formula is C25H26N2O3S. The van der Waals surface area contributed by atoms with E-state index in [0.717, 1.165) is 36.0 Å². The fraction of sp³-hybridized carbons (Fsp3) is 0.240. The molecule has 1 N–H and O–H groups in total. The topological polar surface area (TPSA) is 66.5 Å². The lowest BCUT2D eigenvalue weighted by atomic mass is 10.0. The number of para-hydroxylation sites is 1. The Morgan fingerprint density at radius 3 is 2.29 bits per heavy atom. The monoisotopic (exact) mass is 434 g/mol. The van der Waals surface area contributed by atoms with Crippen LogP contribution in [0, 0.1) is 6.92 Å². The van der Waals surface area contributed by atoms with Gasteiger partial charge in [0.25, 0.3) is 5.91 Å². The molecule has 3 aromatic carbocycles. The van der Waals surface area contributed by atoms with Crippen molar-refractivity contribution in [2.24, 2.45) is 0 Å². The number of nitrogens with one attached hydrogen (secondary N) is 1. The molecule has 31 heavy (non-hydrogen) atoms. The minimum absolute atomic E-state index is 0.168. The smallest absolute Gasteiger partial charge is 0.255 e. The third-order valence-electron chi connectivity index (χ3n) is 5.67. The number of piperidine rings is 1. The SMILES string of the molecule is Cc1ccc(S(=O)(=O)N2CCCCC2)cc1C(=O)Nc1ccccc1-c1ccccc1. The van der Waals surface area contributed by atoms with Crippen molar-refractivity contribution in [2.45, 2.75) is 31.1 Å². The van der Waals surface area contributed by atoms with Gasteiger partial charge in [-0.1, -0.05) is 61.0 Å². The fourth-order valence-electron chi connectivity index (χ4n) is 3.91. The molecule has 0 radical (unpaired) electrons. The molecule has 5 nitrogen and oxygen atoms in total. The molecule has 1 heterocycles. The lowest BCUT2D eigenvalue weighted by molar-refractivity contribution is 0.102. The van der Waals surface area contributed by atoms with Crippen molar-refractivity contribution in [3.05, 3.63) is 83.9 Å². The van der Waals surface area contributed by atoms with E-state index in [-0.39, 0.29) is 10.8 Å². The van der Waals surface area contributed by atoms with E-state index in [1.165, 1.54) is 10.4 Å². The zero-order valence-electron chi connectivity index (χ0n) is 17.5. The van der Waals surface area contributed by atoms with Gasteiger partial charge < -0.3 is 5.32 Å². The van der Waals surface area contributed by atoms with Crippen molar-refractivity contribution in [1.29, 1.82) is 0 Å². The molecule has 1 fully saturated rings. The number of rotatable bonds is 5. The Morgan fingerprint density at radius 1 is 0.871 bits per heavy atom. The van der Waals surface area contributed by atoms with Gasteiger partial charge in [-0.15, -0.1) is 0 Å². The normalized spacial score (nSPS) is 14.9. The molecule has 160 valence electrons. The summed E-state index contributed by atoms with van der Waals surface area (Å²) >= 11 is 0. The summed E-state index contributed by atoms with van der Waals surface area (Å²) in [7, 11) is -3.61. The van der Waals surface area contributed by atoms with Crippen LogP contribution in [-0.2, 0) is 10.0 Å². The quantitative estimate of drug-likeness (QED) is 0.608. The van der Waals surface area contributed by atoms with Gasteiger partial charge >= 0.3 is 0 Å². The van der Waals surface area contributed by atoms with Gasteiger partial charge in [-0.3, -0.25) is 4.79 Å². The zero-order chi connectivity index (χ0) is 21.8. The van der Waals surface area contributed by atoms with Crippen molar-refractivity contribution in [1.82, 2.24) is 4.31 Å². The van der Waals surface area contributed by atoms with E-state index in [1.807, 2.05) is 61.5 Å². The maximum Gasteiger partial charge on any atom is 0.255 e. The molecule has 1 amide bonds. The highest BCUT2D eigenvalue weighted by atomic mass is 32.2. The van der Waals surface area contributed by atoms with Crippen LogP contribution in [0.3, 0.4) is 0 Å². The van der Waals surface area contributed by atoms with Gasteiger partial charge in [-0.2, -0.15) is 4.31 Å². The minimum atomic E-state index is -3.61. The Hall–Kier alpha value is -2.96. The number of hydrogen-bond acceptors (Lipinski definition) is 3. The van der Waals surface area contributed by atoms with Crippen LogP contribution in [0.15, 0.2) is 77.7 Å². The second kappa shape index (κ2) is 9.04. The lowest BCUT2D eigenvalue weighted by Gasteiger charge is -2.26. The number of amides is 1. The average molecular weight is 435 g/mol. The summed E-state index contributed by atoms with van der Waals surface area (Å²) in [6.45, 7) is 2.87. The first kappa shape index (κ1) is 21.3. The molecule has 0 unspecified atom stereocenters. The number of benzene rings is 3. The standard InChI is InChI=1S/C25H26N2O3S/c1-19-14-15-21(31(29,30)27-16-8-3-9-17-27)18-23(19)25(28)26-24-13-7-6-12-22(24)20-10-4-2-5-11-20/h2,4-7,10-15,18H,3,8-9,16-17H2,1H3,(H,26,28). The van der Waals surface area contributed by atoms with E-state index in [2.05, 4.69) is 5.32 Å². The first-order valence-corrected chi connectivity index (χ1v) is 12.0. The van der Waals surface area contributed by atoms with Crippen LogP contribution in [0.25, 0.3) is 11.1 Å². The Labute approximate surface area is 183 Å². The van der Waals surface area contributed by atoms with Crippen molar-refractivity contribution in [3.8, 4) is 11.1 Å². The Kier molecular flexibility index (Phi) is 6.20. The molecule has 4 rings (SSSR count). The average Bonchev–Trinajstić information content (AvgIpc) is 2.80. The largest absolute Gasteiger partial charge is 0.321 e. The number of carbonyl (C=O) groups is 1. The Bertz CT molecular complexity index is 1180. The second-order valence-corrected chi connectivity index (χ2v) is 9.75. The number of aryl methyl sites for hydroxylation is 1. The van der Waals surface area contributed by atoms with Gasteiger partial charge in [0.15, 0.2) is 0 Å². The fourth-order valence-corrected chi connectivity index (χ4v) is 5.46. The van der Waals surface area contributed by atoms with Gasteiger partial charge in [0.05, 0.1) is 4.90 Å². The second-order valence-electron chi connectivity index (χ2n) is 7.81. The van der Waals surface area contributed by atoms with Crippen LogP contribution in [-0.4, -0.2) is 31.7 Å². The highest BCUT2D eigenvalue weighted by Crippen LogP contribution is 2.29. The van der Waals surface area contributed by atoms with Gasteiger partial charge in [0.2, 0.25) is 10.0 Å². The highest BCUT2D eigenvalue weighted by Gasteiger charge is 2.27. The molecular weight excluding hydrogens is 408 g/mol. The molecule has 0 spiro atoms. The van der Waals surface area contributed by atoms with Gasteiger partial charge in [0.1, 0.15) is 0 Å². The molecule has 0 atom stereocenters. The third-order valence-corrected chi connectivity index (χ3v) is 7.56. The van der Waals surface area contributed by atoms with E-state index >= 15 is 0 Å². The first-order chi connectivity index (χ1) is 15.0. The zero-order valence-corrected chi connectivity index (χ0v) is 18.4. The number of sulfonamides is 1. The summed E-state index contributed by atoms with van der Waals surface area (Å²) in [6, 6.07) is 22.2. The number of carbonyl (C=O) groups excluding carboxylic acids is 1. The molecule has 0 aliphatic carbocycles. The molecule has 1 aliphatic heterocycles. The summed E-state index contributed by atoms with van der Waals surface area (Å²) < 4.78 is 27.7. The Morgan fingerprint density at radius 2 is 1.55 bits per heavy atom. The van der Waals surface area contributed by atoms with E-state index in [9.17, 15) is 13.2 Å². The Balaban J connectivity index is 1.64. The van der Waals surface area contributed by atoms with Gasteiger partial charge in [-0.05, 0) is 49.1 Å². The summed E-state index contributed by atoms with van der Waals surface area (Å²) in [5.41, 5.74) is 3.68. The third kappa shape index (κ3) is 4.55. The maximum absolute atomic E-state index is 13.2. The maximum atomic E-state index is 13.2. The van der Waals surface area contributed by atoms with Crippen molar-refractivity contribution < 1.29 is 13.2 Å². The number of anilines is 1. The van der Waals surface area contributed by atoms with Crippen molar-refractivity contribution >= 4 is 21.6 Å². The van der Waals surface area contributed by atoms with Crippen molar-refractivity contribution in [3.63, 3.8) is 0 Å². The van der Waals surface area contributed by atoms with Gasteiger partial charge in [0, 0.05) is 29.9 Å². The summed E-state index contributed by atoms with van der Waals surface area (Å²) in [5, 5.41) is 2.98.